The van der Waals surface area contributed by atoms with Gasteiger partial charge in [0.1, 0.15) is 0 Å². The summed E-state index contributed by atoms with van der Waals surface area (Å²) >= 11 is 0. The molecule has 1 rings (SSSR count). The molecule has 1 aliphatic rings. The first-order chi connectivity index (χ1) is 7.86. The second-order valence-corrected chi connectivity index (χ2v) is 4.72. The average Bonchev–Trinajstić information content (AvgIpc) is 2.34. The van der Waals surface area contributed by atoms with Crippen molar-refractivity contribution in [3.05, 3.63) is 0 Å². The minimum absolute atomic E-state index is 0.769. The van der Waals surface area contributed by atoms with Crippen molar-refractivity contribution in [2.24, 2.45) is 0 Å². The molecule has 0 spiro atoms. The van der Waals surface area contributed by atoms with E-state index in [2.05, 4.69) is 17.1 Å². The number of nitrogens with zero attached hydrogens (tertiary/aromatic N) is 1. The third kappa shape index (κ3) is 5.83. The molecule has 0 aromatic rings. The van der Waals surface area contributed by atoms with Crippen molar-refractivity contribution < 1.29 is 4.74 Å². The van der Waals surface area contributed by atoms with Gasteiger partial charge >= 0.3 is 0 Å². The van der Waals surface area contributed by atoms with Crippen LogP contribution >= 0.6 is 0 Å². The Morgan fingerprint density at radius 3 is 2.56 bits per heavy atom. The molecule has 0 aromatic heterocycles. The van der Waals surface area contributed by atoms with E-state index in [-0.39, 0.29) is 0 Å². The lowest BCUT2D eigenvalue weighted by molar-refractivity contribution is 0.190. The van der Waals surface area contributed by atoms with Gasteiger partial charge < -0.3 is 15.0 Å². The van der Waals surface area contributed by atoms with Crippen molar-refractivity contribution in [3.8, 4) is 0 Å². The van der Waals surface area contributed by atoms with E-state index in [1.807, 2.05) is 0 Å². The Balaban J connectivity index is 1.90. The summed E-state index contributed by atoms with van der Waals surface area (Å²) in [4.78, 5) is 2.54. The van der Waals surface area contributed by atoms with Crippen molar-refractivity contribution >= 4 is 0 Å². The Morgan fingerprint density at radius 2 is 1.94 bits per heavy atom. The van der Waals surface area contributed by atoms with Crippen LogP contribution < -0.4 is 5.32 Å². The molecule has 0 radical (unpaired) electrons. The van der Waals surface area contributed by atoms with Crippen molar-refractivity contribution in [1.29, 1.82) is 0 Å². The molecule has 3 nitrogen and oxygen atoms in total. The first kappa shape index (κ1) is 13.9. The molecule has 1 fully saturated rings. The van der Waals surface area contributed by atoms with Crippen LogP contribution in [0.3, 0.4) is 0 Å². The van der Waals surface area contributed by atoms with Crippen LogP contribution in [0, 0.1) is 0 Å². The number of rotatable bonds is 8. The molecular weight excluding hydrogens is 200 g/mol. The summed E-state index contributed by atoms with van der Waals surface area (Å²) in [6.45, 7) is 8.11. The molecule has 16 heavy (non-hydrogen) atoms. The first-order valence-corrected chi connectivity index (χ1v) is 6.81. The van der Waals surface area contributed by atoms with Crippen LogP contribution in [0.25, 0.3) is 0 Å². The summed E-state index contributed by atoms with van der Waals surface area (Å²) in [6, 6.07) is 0.769. The van der Waals surface area contributed by atoms with Crippen molar-refractivity contribution in [2.75, 3.05) is 39.9 Å². The molecule has 1 aliphatic heterocycles. The number of methoxy groups -OCH3 is 1. The second kappa shape index (κ2) is 8.97. The van der Waals surface area contributed by atoms with Gasteiger partial charge in [-0.15, -0.1) is 0 Å². The van der Waals surface area contributed by atoms with Gasteiger partial charge in [-0.05, 0) is 58.3 Å². The maximum atomic E-state index is 5.04. The van der Waals surface area contributed by atoms with E-state index in [9.17, 15) is 0 Å². The second-order valence-electron chi connectivity index (χ2n) is 4.72. The summed E-state index contributed by atoms with van der Waals surface area (Å²) < 4.78 is 5.04. The van der Waals surface area contributed by atoms with Gasteiger partial charge in [0.15, 0.2) is 0 Å². The van der Waals surface area contributed by atoms with E-state index >= 15 is 0 Å². The topological polar surface area (TPSA) is 24.5 Å². The van der Waals surface area contributed by atoms with Gasteiger partial charge in [0.05, 0.1) is 0 Å². The zero-order chi connectivity index (χ0) is 11.6. The number of nitrogens with one attached hydrogen (secondary N) is 1. The van der Waals surface area contributed by atoms with E-state index in [1.54, 1.807) is 7.11 Å². The highest BCUT2D eigenvalue weighted by molar-refractivity contribution is 4.76. The van der Waals surface area contributed by atoms with Gasteiger partial charge in [-0.3, -0.25) is 0 Å². The zero-order valence-corrected chi connectivity index (χ0v) is 11.0. The molecule has 0 aromatic carbocycles. The lowest BCUT2D eigenvalue weighted by Crippen LogP contribution is -2.42. The maximum absolute atomic E-state index is 5.04. The summed E-state index contributed by atoms with van der Waals surface area (Å²) in [6.07, 6.45) is 6.43. The molecule has 0 amide bonds. The summed E-state index contributed by atoms with van der Waals surface area (Å²) in [5, 5.41) is 3.68. The van der Waals surface area contributed by atoms with Crippen molar-refractivity contribution in [2.45, 2.75) is 45.1 Å². The largest absolute Gasteiger partial charge is 0.385 e. The van der Waals surface area contributed by atoms with Crippen molar-refractivity contribution in [1.82, 2.24) is 10.2 Å². The quantitative estimate of drug-likeness (QED) is 0.642. The predicted octanol–water partition coefficient (Wildman–Crippen LogP) is 1.88. The van der Waals surface area contributed by atoms with Gasteiger partial charge in [0, 0.05) is 19.8 Å². The number of likely N-dealkylation sites (tertiary alicyclic amines) is 1. The van der Waals surface area contributed by atoms with Gasteiger partial charge in [0.2, 0.25) is 0 Å². The number of hydrogen-bond acceptors (Lipinski definition) is 3. The predicted molar refractivity (Wildman–Crippen MR) is 68.9 cm³/mol. The molecule has 1 N–H and O–H groups in total. The summed E-state index contributed by atoms with van der Waals surface area (Å²) in [7, 11) is 1.78. The van der Waals surface area contributed by atoms with Gasteiger partial charge in [-0.25, -0.2) is 0 Å². The Bertz CT molecular complexity index is 156. The van der Waals surface area contributed by atoms with Gasteiger partial charge in [-0.1, -0.05) is 6.92 Å². The van der Waals surface area contributed by atoms with E-state index < -0.39 is 0 Å². The standard InChI is InChI=1S/C13H28N2O/c1-3-15-10-7-13(8-11-15)14-9-5-4-6-12-16-2/h13-14H,3-12H2,1-2H3. The van der Waals surface area contributed by atoms with E-state index in [1.165, 1.54) is 58.3 Å². The number of ether oxygens (including phenoxy) is 1. The fraction of sp³-hybridized carbons (Fsp3) is 1.00. The highest BCUT2D eigenvalue weighted by atomic mass is 16.5. The zero-order valence-electron chi connectivity index (χ0n) is 11.0. The molecule has 0 bridgehead atoms. The lowest BCUT2D eigenvalue weighted by atomic mass is 10.0. The fourth-order valence-corrected chi connectivity index (χ4v) is 2.31. The monoisotopic (exact) mass is 228 g/mol. The molecule has 96 valence electrons. The Labute approximate surface area is 101 Å². The maximum Gasteiger partial charge on any atom is 0.0462 e. The molecule has 0 aliphatic carbocycles. The molecule has 1 heterocycles. The highest BCUT2D eigenvalue weighted by Gasteiger charge is 2.16. The number of hydrogen-bond donors (Lipinski definition) is 1. The average molecular weight is 228 g/mol. The molecular formula is C13H28N2O. The van der Waals surface area contributed by atoms with Gasteiger partial charge in [-0.2, -0.15) is 0 Å². The smallest absolute Gasteiger partial charge is 0.0462 e. The van der Waals surface area contributed by atoms with Crippen LogP contribution in [-0.2, 0) is 4.74 Å². The molecule has 3 heteroatoms. The minimum atomic E-state index is 0.769. The van der Waals surface area contributed by atoms with Crippen molar-refractivity contribution in [3.63, 3.8) is 0 Å². The van der Waals surface area contributed by atoms with Gasteiger partial charge in [0.25, 0.3) is 0 Å². The van der Waals surface area contributed by atoms with E-state index in [4.69, 9.17) is 4.74 Å². The lowest BCUT2D eigenvalue weighted by Gasteiger charge is -2.31. The van der Waals surface area contributed by atoms with Crippen LogP contribution in [0.4, 0.5) is 0 Å². The third-order valence-electron chi connectivity index (χ3n) is 3.49. The molecule has 0 atom stereocenters. The fourth-order valence-electron chi connectivity index (χ4n) is 2.31. The molecule has 0 saturated carbocycles. The minimum Gasteiger partial charge on any atom is -0.385 e. The molecule has 0 unspecified atom stereocenters. The SMILES string of the molecule is CCN1CCC(NCCCCCOC)CC1. The number of piperidine rings is 1. The molecule has 1 saturated heterocycles. The van der Waals surface area contributed by atoms with Crippen LogP contribution in [0.2, 0.25) is 0 Å². The Kier molecular flexibility index (Phi) is 7.81. The van der Waals surface area contributed by atoms with Crippen LogP contribution in [-0.4, -0.2) is 50.8 Å². The van der Waals surface area contributed by atoms with E-state index in [0.717, 1.165) is 12.6 Å². The summed E-state index contributed by atoms with van der Waals surface area (Å²) in [5.41, 5.74) is 0. The van der Waals surface area contributed by atoms with Crippen LogP contribution in [0.1, 0.15) is 39.0 Å². The van der Waals surface area contributed by atoms with E-state index in [0.29, 0.717) is 0 Å². The number of unbranched alkanes of at least 4 members (excludes halogenated alkanes) is 2. The summed E-state index contributed by atoms with van der Waals surface area (Å²) in [5.74, 6) is 0. The highest BCUT2D eigenvalue weighted by Crippen LogP contribution is 2.09. The third-order valence-corrected chi connectivity index (χ3v) is 3.49. The Hall–Kier alpha value is -0.120. The first-order valence-electron chi connectivity index (χ1n) is 6.81. The van der Waals surface area contributed by atoms with Crippen LogP contribution in [0.5, 0.6) is 0 Å². The van der Waals surface area contributed by atoms with Crippen LogP contribution in [0.15, 0.2) is 0 Å². The Morgan fingerprint density at radius 1 is 1.19 bits per heavy atom. The normalized spacial score (nSPS) is 19.1.